The summed E-state index contributed by atoms with van der Waals surface area (Å²) in [6.07, 6.45) is 0. The van der Waals surface area contributed by atoms with Gasteiger partial charge in [-0.05, 0) is 23.3 Å². The number of carboxylic acids is 1. The number of aromatic nitrogens is 1. The lowest BCUT2D eigenvalue weighted by molar-refractivity contribution is -0.131. The van der Waals surface area contributed by atoms with Gasteiger partial charge in [-0.2, -0.15) is 0 Å². The maximum atomic E-state index is 12.4. The summed E-state index contributed by atoms with van der Waals surface area (Å²) >= 11 is 0.831. The Bertz CT molecular complexity index is 1060. The van der Waals surface area contributed by atoms with E-state index < -0.39 is 21.8 Å². The van der Waals surface area contributed by atoms with Gasteiger partial charge in [0.1, 0.15) is 5.69 Å². The second-order valence-corrected chi connectivity index (χ2v) is 7.71. The van der Waals surface area contributed by atoms with Crippen molar-refractivity contribution >= 4 is 38.2 Å². The SMILES string of the molecule is O=C(O)C(=O)c1csc(NS(=O)(=O)c2ccc(-c3ccccc3)cc2)n1. The van der Waals surface area contributed by atoms with E-state index in [9.17, 15) is 18.0 Å². The lowest BCUT2D eigenvalue weighted by Gasteiger charge is -2.06. The number of carbonyl (C=O) groups excluding carboxylic acids is 1. The standard InChI is InChI=1S/C17H12N2O5S2/c20-15(16(21)22)14-10-25-17(18-14)19-26(23,24)13-8-6-12(7-9-13)11-4-2-1-3-5-11/h1-10H,(H,18,19)(H,21,22). The molecular formula is C17H12N2O5S2. The molecule has 0 spiro atoms. The third-order valence-electron chi connectivity index (χ3n) is 3.42. The molecule has 1 heterocycles. The molecule has 0 aliphatic rings. The first kappa shape index (κ1) is 17.8. The number of ketones is 1. The number of thiazole rings is 1. The van der Waals surface area contributed by atoms with E-state index >= 15 is 0 Å². The van der Waals surface area contributed by atoms with Crippen LogP contribution in [0.3, 0.4) is 0 Å². The largest absolute Gasteiger partial charge is 0.475 e. The highest BCUT2D eigenvalue weighted by Crippen LogP contribution is 2.24. The second-order valence-electron chi connectivity index (χ2n) is 5.17. The molecule has 0 aliphatic heterocycles. The molecule has 1 aromatic heterocycles. The maximum Gasteiger partial charge on any atom is 0.378 e. The van der Waals surface area contributed by atoms with Gasteiger partial charge in [-0.25, -0.2) is 18.2 Å². The van der Waals surface area contributed by atoms with Crippen LogP contribution in [0.2, 0.25) is 0 Å². The molecule has 0 bridgehead atoms. The highest BCUT2D eigenvalue weighted by atomic mass is 32.2. The quantitative estimate of drug-likeness (QED) is 0.496. The fourth-order valence-electron chi connectivity index (χ4n) is 2.17. The number of hydrogen-bond acceptors (Lipinski definition) is 6. The van der Waals surface area contributed by atoms with Crippen molar-refractivity contribution in [1.29, 1.82) is 0 Å². The van der Waals surface area contributed by atoms with Gasteiger partial charge in [-0.15, -0.1) is 11.3 Å². The molecule has 0 amide bonds. The van der Waals surface area contributed by atoms with Crippen molar-refractivity contribution in [3.05, 3.63) is 65.7 Å². The number of carboxylic acid groups (broad SMARTS) is 1. The van der Waals surface area contributed by atoms with Gasteiger partial charge in [0.05, 0.1) is 4.90 Å². The first-order chi connectivity index (χ1) is 12.4. The Morgan fingerprint density at radius 1 is 0.962 bits per heavy atom. The zero-order valence-corrected chi connectivity index (χ0v) is 14.8. The van der Waals surface area contributed by atoms with Gasteiger partial charge in [0.15, 0.2) is 5.13 Å². The summed E-state index contributed by atoms with van der Waals surface area (Å²) in [5, 5.41) is 9.76. The number of nitrogens with zero attached hydrogens (tertiary/aromatic N) is 1. The molecule has 9 heteroatoms. The third-order valence-corrected chi connectivity index (χ3v) is 5.67. The minimum Gasteiger partial charge on any atom is -0.475 e. The number of aliphatic carboxylic acids is 1. The van der Waals surface area contributed by atoms with E-state index in [-0.39, 0.29) is 15.7 Å². The molecule has 0 radical (unpaired) electrons. The summed E-state index contributed by atoms with van der Waals surface area (Å²) in [5.41, 5.74) is 1.51. The molecule has 26 heavy (non-hydrogen) atoms. The van der Waals surface area contributed by atoms with Crippen LogP contribution in [0, 0.1) is 0 Å². The van der Waals surface area contributed by atoms with E-state index in [1.165, 1.54) is 17.5 Å². The van der Waals surface area contributed by atoms with Crippen molar-refractivity contribution in [3.8, 4) is 11.1 Å². The van der Waals surface area contributed by atoms with Crippen molar-refractivity contribution in [2.75, 3.05) is 4.72 Å². The van der Waals surface area contributed by atoms with Crippen LogP contribution in [0.5, 0.6) is 0 Å². The predicted molar refractivity (Wildman–Crippen MR) is 96.8 cm³/mol. The van der Waals surface area contributed by atoms with Crippen LogP contribution >= 0.6 is 11.3 Å². The van der Waals surface area contributed by atoms with Gasteiger partial charge in [0.2, 0.25) is 0 Å². The summed E-state index contributed by atoms with van der Waals surface area (Å²) in [6.45, 7) is 0. The summed E-state index contributed by atoms with van der Waals surface area (Å²) in [4.78, 5) is 25.7. The van der Waals surface area contributed by atoms with Crippen LogP contribution in [0.1, 0.15) is 10.5 Å². The average molecular weight is 388 g/mol. The zero-order valence-electron chi connectivity index (χ0n) is 13.1. The summed E-state index contributed by atoms with van der Waals surface area (Å²) < 4.78 is 27.1. The van der Waals surface area contributed by atoms with E-state index in [1.54, 1.807) is 12.1 Å². The lowest BCUT2D eigenvalue weighted by atomic mass is 10.1. The number of Topliss-reactive ketones (excluding diaryl/α,β-unsaturated/α-hetero) is 1. The number of benzene rings is 2. The predicted octanol–water partition coefficient (Wildman–Crippen LogP) is 2.88. The van der Waals surface area contributed by atoms with Crippen molar-refractivity contribution in [3.63, 3.8) is 0 Å². The molecule has 2 N–H and O–H groups in total. The highest BCUT2D eigenvalue weighted by Gasteiger charge is 2.21. The minimum atomic E-state index is -3.91. The Labute approximate surface area is 153 Å². The number of nitrogens with one attached hydrogen (secondary N) is 1. The average Bonchev–Trinajstić information content (AvgIpc) is 3.09. The Balaban J connectivity index is 1.80. The molecular weight excluding hydrogens is 376 g/mol. The smallest absolute Gasteiger partial charge is 0.378 e. The van der Waals surface area contributed by atoms with Crippen LogP contribution in [-0.2, 0) is 14.8 Å². The van der Waals surface area contributed by atoms with Crippen LogP contribution in [0.15, 0.2) is 64.9 Å². The number of sulfonamides is 1. The molecule has 7 nitrogen and oxygen atoms in total. The number of hydrogen-bond donors (Lipinski definition) is 2. The van der Waals surface area contributed by atoms with Gasteiger partial charge in [0, 0.05) is 5.38 Å². The molecule has 0 fully saturated rings. The molecule has 2 aromatic carbocycles. The van der Waals surface area contributed by atoms with E-state index in [2.05, 4.69) is 9.71 Å². The van der Waals surface area contributed by atoms with E-state index in [4.69, 9.17) is 5.11 Å². The topological polar surface area (TPSA) is 113 Å². The summed E-state index contributed by atoms with van der Waals surface area (Å²) in [6, 6.07) is 15.8. The van der Waals surface area contributed by atoms with Crippen molar-refractivity contribution in [2.24, 2.45) is 0 Å². The van der Waals surface area contributed by atoms with Crippen molar-refractivity contribution < 1.29 is 23.1 Å². The number of carbonyl (C=O) groups is 2. The molecule has 0 saturated carbocycles. The highest BCUT2D eigenvalue weighted by molar-refractivity contribution is 7.93. The fraction of sp³-hybridized carbons (Fsp3) is 0. The minimum absolute atomic E-state index is 0.0264. The van der Waals surface area contributed by atoms with Gasteiger partial charge >= 0.3 is 5.97 Å². The molecule has 0 saturated heterocycles. The van der Waals surface area contributed by atoms with Crippen molar-refractivity contribution in [1.82, 2.24) is 4.98 Å². The Morgan fingerprint density at radius 2 is 1.58 bits per heavy atom. The second kappa shape index (κ2) is 7.06. The Morgan fingerprint density at radius 3 is 2.19 bits per heavy atom. The van der Waals surface area contributed by atoms with E-state index in [0.29, 0.717) is 0 Å². The van der Waals surface area contributed by atoms with Gasteiger partial charge < -0.3 is 5.11 Å². The van der Waals surface area contributed by atoms with Gasteiger partial charge in [0.25, 0.3) is 15.8 Å². The molecule has 0 atom stereocenters. The van der Waals surface area contributed by atoms with Gasteiger partial charge in [-0.3, -0.25) is 9.52 Å². The van der Waals surface area contributed by atoms with E-state index in [0.717, 1.165) is 22.5 Å². The van der Waals surface area contributed by atoms with E-state index in [1.807, 2.05) is 30.3 Å². The third kappa shape index (κ3) is 3.79. The first-order valence-corrected chi connectivity index (χ1v) is 9.64. The summed E-state index contributed by atoms with van der Waals surface area (Å²) in [7, 11) is -3.91. The maximum absolute atomic E-state index is 12.4. The van der Waals surface area contributed by atoms with Crippen LogP contribution in [0.25, 0.3) is 11.1 Å². The van der Waals surface area contributed by atoms with Gasteiger partial charge in [-0.1, -0.05) is 42.5 Å². The fourth-order valence-corrected chi connectivity index (χ4v) is 4.11. The molecule has 0 aliphatic carbocycles. The van der Waals surface area contributed by atoms with Crippen LogP contribution in [-0.4, -0.2) is 30.3 Å². The normalized spacial score (nSPS) is 11.1. The molecule has 3 rings (SSSR count). The molecule has 3 aromatic rings. The Hall–Kier alpha value is -3.04. The summed E-state index contributed by atoms with van der Waals surface area (Å²) in [5.74, 6) is -2.85. The Kier molecular flexibility index (Phi) is 4.83. The molecule has 132 valence electrons. The first-order valence-electron chi connectivity index (χ1n) is 7.28. The van der Waals surface area contributed by atoms with Crippen LogP contribution < -0.4 is 4.72 Å². The number of anilines is 1. The zero-order chi connectivity index (χ0) is 18.7. The number of rotatable bonds is 6. The molecule has 0 unspecified atom stereocenters. The monoisotopic (exact) mass is 388 g/mol. The lowest BCUT2D eigenvalue weighted by Crippen LogP contribution is -2.15. The van der Waals surface area contributed by atoms with Crippen LogP contribution in [0.4, 0.5) is 5.13 Å². The van der Waals surface area contributed by atoms with Crippen molar-refractivity contribution in [2.45, 2.75) is 4.90 Å².